The van der Waals surface area contributed by atoms with E-state index in [0.717, 1.165) is 25.7 Å². The molecule has 118 valence electrons. The summed E-state index contributed by atoms with van der Waals surface area (Å²) >= 11 is 0. The molecule has 0 radical (unpaired) electrons. The van der Waals surface area contributed by atoms with Gasteiger partial charge in [-0.1, -0.05) is 17.3 Å². The van der Waals surface area contributed by atoms with Crippen molar-refractivity contribution in [1.82, 2.24) is 20.4 Å². The molecule has 22 heavy (non-hydrogen) atoms. The highest BCUT2D eigenvalue weighted by molar-refractivity contribution is 5.19. The summed E-state index contributed by atoms with van der Waals surface area (Å²) in [5.41, 5.74) is 0.316. The summed E-state index contributed by atoms with van der Waals surface area (Å²) in [5, 5.41) is 7.30. The molecule has 0 saturated carbocycles. The molecule has 1 fully saturated rings. The van der Waals surface area contributed by atoms with Crippen molar-refractivity contribution in [2.75, 3.05) is 26.7 Å². The number of rotatable bonds is 4. The quantitative estimate of drug-likeness (QED) is 0.932. The Morgan fingerprint density at radius 2 is 2.23 bits per heavy atom. The van der Waals surface area contributed by atoms with Crippen molar-refractivity contribution in [2.45, 2.75) is 18.9 Å². The second-order valence-corrected chi connectivity index (χ2v) is 5.46. The van der Waals surface area contributed by atoms with Gasteiger partial charge in [-0.2, -0.15) is 4.98 Å². The summed E-state index contributed by atoms with van der Waals surface area (Å²) < 4.78 is 32.0. The molecule has 1 atom stereocenters. The molecule has 3 rings (SSSR count). The van der Waals surface area contributed by atoms with Crippen LogP contribution in [0.3, 0.4) is 0 Å². The van der Waals surface area contributed by atoms with Gasteiger partial charge in [0.1, 0.15) is 0 Å². The molecule has 2 heterocycles. The molecule has 1 aromatic carbocycles. The Labute approximate surface area is 127 Å². The number of aromatic nitrogens is 2. The summed E-state index contributed by atoms with van der Waals surface area (Å²) in [6, 6.07) is 4.25. The molecule has 7 heteroatoms. The fraction of sp³-hybridized carbons (Fsp3) is 0.467. The minimum Gasteiger partial charge on any atom is -0.339 e. The predicted octanol–water partition coefficient (Wildman–Crippen LogP) is 1.71. The fourth-order valence-corrected chi connectivity index (χ4v) is 2.58. The van der Waals surface area contributed by atoms with Crippen LogP contribution >= 0.6 is 0 Å². The van der Waals surface area contributed by atoms with Crippen molar-refractivity contribution in [3.8, 4) is 0 Å². The molecule has 1 saturated heterocycles. The Bertz CT molecular complexity index is 646. The first-order valence-electron chi connectivity index (χ1n) is 7.31. The molecular formula is C15H18F2N4O. The SMILES string of the molecule is CN1CCNCC1c1noc(CCc2cccc(F)c2F)n1. The summed E-state index contributed by atoms with van der Waals surface area (Å²) in [4.78, 5) is 6.54. The van der Waals surface area contributed by atoms with Crippen molar-refractivity contribution >= 4 is 0 Å². The van der Waals surface area contributed by atoms with Crippen LogP contribution in [0.5, 0.6) is 0 Å². The second kappa shape index (κ2) is 6.50. The van der Waals surface area contributed by atoms with E-state index in [0.29, 0.717) is 30.1 Å². The van der Waals surface area contributed by atoms with E-state index in [4.69, 9.17) is 4.52 Å². The number of benzene rings is 1. The molecule has 0 aliphatic carbocycles. The molecule has 2 aromatic rings. The van der Waals surface area contributed by atoms with Gasteiger partial charge in [0.05, 0.1) is 6.04 Å². The molecule has 5 nitrogen and oxygen atoms in total. The zero-order valence-electron chi connectivity index (χ0n) is 12.4. The molecule has 0 amide bonds. The minimum absolute atomic E-state index is 0.0807. The third-order valence-electron chi connectivity index (χ3n) is 3.93. The van der Waals surface area contributed by atoms with Crippen LogP contribution in [0.15, 0.2) is 22.7 Å². The van der Waals surface area contributed by atoms with Crippen molar-refractivity contribution in [3.63, 3.8) is 0 Å². The Morgan fingerprint density at radius 1 is 1.36 bits per heavy atom. The Kier molecular flexibility index (Phi) is 4.44. The van der Waals surface area contributed by atoms with Gasteiger partial charge in [-0.3, -0.25) is 4.90 Å². The van der Waals surface area contributed by atoms with Crippen molar-refractivity contribution in [2.24, 2.45) is 0 Å². The lowest BCUT2D eigenvalue weighted by Gasteiger charge is -2.30. The maximum absolute atomic E-state index is 13.6. The van der Waals surface area contributed by atoms with Gasteiger partial charge >= 0.3 is 0 Å². The zero-order valence-corrected chi connectivity index (χ0v) is 12.4. The lowest BCUT2D eigenvalue weighted by Crippen LogP contribution is -2.44. The monoisotopic (exact) mass is 308 g/mol. The molecule has 1 unspecified atom stereocenters. The molecule has 1 N–H and O–H groups in total. The van der Waals surface area contributed by atoms with Crippen molar-refractivity contribution < 1.29 is 13.3 Å². The lowest BCUT2D eigenvalue weighted by molar-refractivity contribution is 0.190. The van der Waals surface area contributed by atoms with E-state index < -0.39 is 11.6 Å². The highest BCUT2D eigenvalue weighted by Crippen LogP contribution is 2.19. The number of nitrogens with zero attached hydrogens (tertiary/aromatic N) is 3. The predicted molar refractivity (Wildman–Crippen MR) is 76.3 cm³/mol. The van der Waals surface area contributed by atoms with Gasteiger partial charge in [0.25, 0.3) is 0 Å². The molecule has 0 bridgehead atoms. The highest BCUT2D eigenvalue weighted by atomic mass is 19.2. The lowest BCUT2D eigenvalue weighted by atomic mass is 10.1. The van der Waals surface area contributed by atoms with Gasteiger partial charge in [0.15, 0.2) is 17.5 Å². The van der Waals surface area contributed by atoms with E-state index in [1.807, 2.05) is 7.05 Å². The van der Waals surface area contributed by atoms with E-state index in [-0.39, 0.29) is 6.04 Å². The van der Waals surface area contributed by atoms with Crippen LogP contribution in [-0.2, 0) is 12.8 Å². The van der Waals surface area contributed by atoms with Gasteiger partial charge < -0.3 is 9.84 Å². The Balaban J connectivity index is 1.65. The third-order valence-corrected chi connectivity index (χ3v) is 3.93. The molecule has 1 aromatic heterocycles. The van der Waals surface area contributed by atoms with Crippen LogP contribution in [0.4, 0.5) is 8.78 Å². The van der Waals surface area contributed by atoms with Crippen LogP contribution in [0.25, 0.3) is 0 Å². The summed E-state index contributed by atoms with van der Waals surface area (Å²) in [7, 11) is 2.02. The van der Waals surface area contributed by atoms with Crippen molar-refractivity contribution in [1.29, 1.82) is 0 Å². The van der Waals surface area contributed by atoms with Gasteiger partial charge in [-0.05, 0) is 25.1 Å². The van der Waals surface area contributed by atoms with Crippen LogP contribution in [0, 0.1) is 11.6 Å². The smallest absolute Gasteiger partial charge is 0.227 e. The van der Waals surface area contributed by atoms with Crippen LogP contribution in [0.1, 0.15) is 23.3 Å². The standard InChI is InChI=1S/C15H18F2N4O/c1-21-8-7-18-9-12(21)15-19-13(22-20-15)6-5-10-3-2-4-11(16)14(10)17/h2-4,12,18H,5-9H2,1H3. The van der Waals surface area contributed by atoms with Crippen LogP contribution in [0.2, 0.25) is 0 Å². The van der Waals surface area contributed by atoms with Crippen LogP contribution < -0.4 is 5.32 Å². The molecule has 1 aliphatic heterocycles. The number of hydrogen-bond acceptors (Lipinski definition) is 5. The molecule has 1 aliphatic rings. The maximum Gasteiger partial charge on any atom is 0.227 e. The van der Waals surface area contributed by atoms with E-state index in [9.17, 15) is 8.78 Å². The minimum atomic E-state index is -0.835. The van der Waals surface area contributed by atoms with Gasteiger partial charge in [-0.25, -0.2) is 8.78 Å². The summed E-state index contributed by atoms with van der Waals surface area (Å²) in [6.07, 6.45) is 0.710. The molecular weight excluding hydrogens is 290 g/mol. The van der Waals surface area contributed by atoms with Gasteiger partial charge in [0, 0.05) is 26.1 Å². The topological polar surface area (TPSA) is 54.2 Å². The number of nitrogens with one attached hydrogen (secondary N) is 1. The average Bonchev–Trinajstić information content (AvgIpc) is 2.98. The summed E-state index contributed by atoms with van der Waals surface area (Å²) in [5.74, 6) is -0.570. The summed E-state index contributed by atoms with van der Waals surface area (Å²) in [6.45, 7) is 2.63. The largest absolute Gasteiger partial charge is 0.339 e. The number of aryl methyl sites for hydroxylation is 2. The number of likely N-dealkylation sites (N-methyl/N-ethyl adjacent to an activating group) is 1. The first kappa shape index (κ1) is 15.1. The Hall–Kier alpha value is -1.86. The van der Waals surface area contributed by atoms with Crippen LogP contribution in [-0.4, -0.2) is 41.7 Å². The third kappa shape index (κ3) is 3.15. The van der Waals surface area contributed by atoms with Crippen molar-refractivity contribution in [3.05, 3.63) is 47.1 Å². The zero-order chi connectivity index (χ0) is 15.5. The maximum atomic E-state index is 13.6. The Morgan fingerprint density at radius 3 is 3.05 bits per heavy atom. The average molecular weight is 308 g/mol. The number of halogens is 2. The number of hydrogen-bond donors (Lipinski definition) is 1. The van der Waals surface area contributed by atoms with E-state index in [1.165, 1.54) is 6.07 Å². The fourth-order valence-electron chi connectivity index (χ4n) is 2.58. The van der Waals surface area contributed by atoms with E-state index >= 15 is 0 Å². The number of piperazine rings is 1. The van der Waals surface area contributed by atoms with Gasteiger partial charge in [0.2, 0.25) is 5.89 Å². The first-order valence-corrected chi connectivity index (χ1v) is 7.31. The molecule has 0 spiro atoms. The normalized spacial score (nSPS) is 19.5. The van der Waals surface area contributed by atoms with E-state index in [2.05, 4.69) is 20.4 Å². The highest BCUT2D eigenvalue weighted by Gasteiger charge is 2.25. The van der Waals surface area contributed by atoms with E-state index in [1.54, 1.807) is 6.07 Å². The van der Waals surface area contributed by atoms with Gasteiger partial charge in [-0.15, -0.1) is 0 Å². The second-order valence-electron chi connectivity index (χ2n) is 5.46. The first-order chi connectivity index (χ1) is 10.6.